The van der Waals surface area contributed by atoms with Gasteiger partial charge in [0.15, 0.2) is 0 Å². The average molecular weight is 222 g/mol. The number of aliphatic hydroxyl groups is 1. The molecule has 15 heavy (non-hydrogen) atoms. The molecule has 2 aromatic rings. The summed E-state index contributed by atoms with van der Waals surface area (Å²) in [6.07, 6.45) is -0.283. The Kier molecular flexibility index (Phi) is 3.14. The summed E-state index contributed by atoms with van der Waals surface area (Å²) >= 11 is 1.48. The van der Waals surface area contributed by atoms with Crippen LogP contribution in [-0.4, -0.2) is 5.11 Å². The molecule has 78 valence electrons. The van der Waals surface area contributed by atoms with Gasteiger partial charge in [-0.15, -0.1) is 11.3 Å². The number of hydrogen-bond donors (Lipinski definition) is 1. The molecule has 1 unspecified atom stereocenters. The lowest BCUT2D eigenvalue weighted by Gasteiger charge is -2.08. The van der Waals surface area contributed by atoms with Gasteiger partial charge in [-0.1, -0.05) is 24.3 Å². The van der Waals surface area contributed by atoms with Crippen LogP contribution < -0.4 is 0 Å². The van der Waals surface area contributed by atoms with Gasteiger partial charge in [0, 0.05) is 11.3 Å². The summed E-state index contributed by atoms with van der Waals surface area (Å²) < 4.78 is 13.3. The topological polar surface area (TPSA) is 20.2 Å². The quantitative estimate of drug-likeness (QED) is 0.845. The fraction of sp³-hybridized carbons (Fsp3) is 0.167. The maximum Gasteiger partial charge on any atom is 0.126 e. The molecule has 0 aliphatic carbocycles. The van der Waals surface area contributed by atoms with Crippen molar-refractivity contribution in [1.29, 1.82) is 0 Å². The molecule has 1 aromatic carbocycles. The molecule has 1 N–H and O–H groups in total. The minimum atomic E-state index is -0.609. The van der Waals surface area contributed by atoms with Crippen LogP contribution in [0.1, 0.15) is 16.5 Å². The van der Waals surface area contributed by atoms with Gasteiger partial charge >= 0.3 is 0 Å². The molecule has 0 spiro atoms. The lowest BCUT2D eigenvalue weighted by Crippen LogP contribution is -2.01. The Morgan fingerprint density at radius 3 is 2.67 bits per heavy atom. The van der Waals surface area contributed by atoms with E-state index >= 15 is 0 Å². The third-order valence-corrected chi connectivity index (χ3v) is 3.22. The molecule has 0 radical (unpaired) electrons. The van der Waals surface area contributed by atoms with Crippen LogP contribution in [0, 0.1) is 5.82 Å². The lowest BCUT2D eigenvalue weighted by molar-refractivity contribution is 0.181. The third kappa shape index (κ3) is 2.43. The first-order valence-corrected chi connectivity index (χ1v) is 5.60. The first kappa shape index (κ1) is 10.3. The minimum absolute atomic E-state index is 0.256. The van der Waals surface area contributed by atoms with E-state index in [2.05, 4.69) is 0 Å². The van der Waals surface area contributed by atoms with E-state index in [0.717, 1.165) is 4.88 Å². The van der Waals surface area contributed by atoms with Crippen LogP contribution in [-0.2, 0) is 6.42 Å². The van der Waals surface area contributed by atoms with Gasteiger partial charge in [-0.2, -0.15) is 0 Å². The van der Waals surface area contributed by atoms with E-state index in [-0.39, 0.29) is 5.82 Å². The first-order chi connectivity index (χ1) is 7.27. The van der Waals surface area contributed by atoms with E-state index in [1.165, 1.54) is 17.4 Å². The van der Waals surface area contributed by atoms with Crippen LogP contribution in [0.5, 0.6) is 0 Å². The molecule has 0 fully saturated rings. The van der Waals surface area contributed by atoms with Gasteiger partial charge in [0.25, 0.3) is 0 Å². The summed E-state index contributed by atoms with van der Waals surface area (Å²) in [6, 6.07) is 10.3. The van der Waals surface area contributed by atoms with E-state index in [1.54, 1.807) is 18.2 Å². The highest BCUT2D eigenvalue weighted by Gasteiger charge is 2.11. The zero-order valence-electron chi connectivity index (χ0n) is 8.06. The summed E-state index contributed by atoms with van der Waals surface area (Å²) in [5, 5.41) is 11.7. The van der Waals surface area contributed by atoms with Crippen molar-refractivity contribution in [3.8, 4) is 0 Å². The van der Waals surface area contributed by atoms with Crippen LogP contribution in [0.2, 0.25) is 0 Å². The Morgan fingerprint density at radius 2 is 2.00 bits per heavy atom. The predicted octanol–water partition coefficient (Wildman–Crippen LogP) is 3.16. The molecule has 3 heteroatoms. The molecular formula is C12H11FOS. The summed E-state index contributed by atoms with van der Waals surface area (Å²) in [5.41, 5.74) is 0.554. The highest BCUT2D eigenvalue weighted by atomic mass is 32.1. The Balaban J connectivity index is 2.13. The highest BCUT2D eigenvalue weighted by Crippen LogP contribution is 2.23. The molecule has 0 aliphatic heterocycles. The highest BCUT2D eigenvalue weighted by molar-refractivity contribution is 7.10. The van der Waals surface area contributed by atoms with Gasteiger partial charge in [-0.25, -0.2) is 4.39 Å². The SMILES string of the molecule is OC(Cc1ccccc1F)c1cccs1. The minimum Gasteiger partial charge on any atom is -0.387 e. The largest absolute Gasteiger partial charge is 0.387 e. The van der Waals surface area contributed by atoms with Gasteiger partial charge in [0.2, 0.25) is 0 Å². The zero-order valence-corrected chi connectivity index (χ0v) is 8.88. The maximum atomic E-state index is 13.3. The Labute approximate surface area is 91.8 Å². The molecule has 0 saturated carbocycles. The van der Waals surface area contributed by atoms with Crippen LogP contribution in [0.25, 0.3) is 0 Å². The fourth-order valence-corrected chi connectivity index (χ4v) is 2.17. The summed E-state index contributed by atoms with van der Waals surface area (Å²) in [5.74, 6) is -0.256. The maximum absolute atomic E-state index is 13.3. The molecule has 0 saturated heterocycles. The van der Waals surface area contributed by atoms with E-state index in [1.807, 2.05) is 17.5 Å². The summed E-state index contributed by atoms with van der Waals surface area (Å²) in [4.78, 5) is 0.873. The molecule has 1 atom stereocenters. The Bertz CT molecular complexity index is 425. The molecular weight excluding hydrogens is 211 g/mol. The van der Waals surface area contributed by atoms with E-state index < -0.39 is 6.10 Å². The summed E-state index contributed by atoms with van der Waals surface area (Å²) in [6.45, 7) is 0. The molecule has 1 aromatic heterocycles. The molecule has 0 amide bonds. The van der Waals surface area contributed by atoms with Crippen molar-refractivity contribution < 1.29 is 9.50 Å². The van der Waals surface area contributed by atoms with Gasteiger partial charge in [0.1, 0.15) is 5.82 Å². The van der Waals surface area contributed by atoms with Crippen LogP contribution in [0.4, 0.5) is 4.39 Å². The zero-order chi connectivity index (χ0) is 10.7. The molecule has 0 aliphatic rings. The molecule has 0 bridgehead atoms. The number of aliphatic hydroxyl groups excluding tert-OH is 1. The van der Waals surface area contributed by atoms with Crippen molar-refractivity contribution in [2.45, 2.75) is 12.5 Å². The fourth-order valence-electron chi connectivity index (χ4n) is 1.45. The predicted molar refractivity (Wildman–Crippen MR) is 59.4 cm³/mol. The van der Waals surface area contributed by atoms with Gasteiger partial charge in [0.05, 0.1) is 6.10 Å². The van der Waals surface area contributed by atoms with Crippen LogP contribution in [0.15, 0.2) is 41.8 Å². The second kappa shape index (κ2) is 4.55. The van der Waals surface area contributed by atoms with Crippen LogP contribution in [0.3, 0.4) is 0 Å². The smallest absolute Gasteiger partial charge is 0.126 e. The van der Waals surface area contributed by atoms with Crippen molar-refractivity contribution in [3.05, 3.63) is 58.0 Å². The van der Waals surface area contributed by atoms with Crippen molar-refractivity contribution in [3.63, 3.8) is 0 Å². The first-order valence-electron chi connectivity index (χ1n) is 4.72. The Morgan fingerprint density at radius 1 is 1.20 bits per heavy atom. The monoisotopic (exact) mass is 222 g/mol. The van der Waals surface area contributed by atoms with Gasteiger partial charge < -0.3 is 5.11 Å². The number of benzene rings is 1. The number of thiophene rings is 1. The molecule has 1 nitrogen and oxygen atoms in total. The lowest BCUT2D eigenvalue weighted by atomic mass is 10.1. The number of rotatable bonds is 3. The molecule has 1 heterocycles. The van der Waals surface area contributed by atoms with Crippen LogP contribution >= 0.6 is 11.3 Å². The summed E-state index contributed by atoms with van der Waals surface area (Å²) in [7, 11) is 0. The van der Waals surface area contributed by atoms with Crippen molar-refractivity contribution >= 4 is 11.3 Å². The number of halogens is 1. The van der Waals surface area contributed by atoms with E-state index in [4.69, 9.17) is 0 Å². The van der Waals surface area contributed by atoms with Crippen molar-refractivity contribution in [1.82, 2.24) is 0 Å². The Hall–Kier alpha value is -1.19. The van der Waals surface area contributed by atoms with Crippen molar-refractivity contribution in [2.24, 2.45) is 0 Å². The normalized spacial score (nSPS) is 12.7. The standard InChI is InChI=1S/C12H11FOS/c13-10-5-2-1-4-9(10)8-11(14)12-6-3-7-15-12/h1-7,11,14H,8H2. The average Bonchev–Trinajstić information content (AvgIpc) is 2.74. The number of hydrogen-bond acceptors (Lipinski definition) is 2. The molecule has 2 rings (SSSR count). The van der Waals surface area contributed by atoms with Crippen molar-refractivity contribution in [2.75, 3.05) is 0 Å². The van der Waals surface area contributed by atoms with Gasteiger partial charge in [-0.3, -0.25) is 0 Å². The second-order valence-corrected chi connectivity index (χ2v) is 4.31. The van der Waals surface area contributed by atoms with E-state index in [9.17, 15) is 9.50 Å². The second-order valence-electron chi connectivity index (χ2n) is 3.33. The third-order valence-electron chi connectivity index (χ3n) is 2.24. The van der Waals surface area contributed by atoms with E-state index in [0.29, 0.717) is 12.0 Å². The van der Waals surface area contributed by atoms with Gasteiger partial charge in [-0.05, 0) is 23.1 Å².